The van der Waals surface area contributed by atoms with Crippen LogP contribution in [0.25, 0.3) is 0 Å². The summed E-state index contributed by atoms with van der Waals surface area (Å²) in [4.78, 5) is 6.18. The third-order valence-corrected chi connectivity index (χ3v) is 1.72. The van der Waals surface area contributed by atoms with Crippen molar-refractivity contribution in [2.45, 2.75) is 6.54 Å². The Morgan fingerprint density at radius 2 is 2.21 bits per heavy atom. The van der Waals surface area contributed by atoms with Gasteiger partial charge in [0, 0.05) is 14.1 Å². The molecule has 0 aliphatic rings. The zero-order chi connectivity index (χ0) is 10.4. The Hall–Kier alpha value is -1.51. The summed E-state index contributed by atoms with van der Waals surface area (Å²) < 4.78 is 5.12. The lowest BCUT2D eigenvalue weighted by atomic mass is 10.2. The van der Waals surface area contributed by atoms with Crippen molar-refractivity contribution in [2.24, 2.45) is 4.99 Å². The number of rotatable bonds is 4. The molecular weight excluding hydrogens is 176 g/mol. The van der Waals surface area contributed by atoms with Gasteiger partial charge in [0.15, 0.2) is 0 Å². The van der Waals surface area contributed by atoms with Crippen molar-refractivity contribution in [3.05, 3.63) is 29.8 Å². The Balaban J connectivity index is 2.58. The van der Waals surface area contributed by atoms with Gasteiger partial charge in [0.05, 0.1) is 20.0 Å². The molecule has 0 radical (unpaired) electrons. The molecule has 1 rings (SSSR count). The third kappa shape index (κ3) is 3.47. The fourth-order valence-corrected chi connectivity index (χ4v) is 1.08. The Kier molecular flexibility index (Phi) is 3.98. The largest absolute Gasteiger partial charge is 0.497 e. The maximum Gasteiger partial charge on any atom is 0.119 e. The van der Waals surface area contributed by atoms with E-state index in [0.29, 0.717) is 6.54 Å². The number of ether oxygens (including phenoxy) is 1. The molecule has 1 aromatic carbocycles. The smallest absolute Gasteiger partial charge is 0.119 e. The summed E-state index contributed by atoms with van der Waals surface area (Å²) in [6, 6.07) is 7.93. The third-order valence-electron chi connectivity index (χ3n) is 1.72. The second kappa shape index (κ2) is 5.27. The van der Waals surface area contributed by atoms with Crippen LogP contribution in [0.1, 0.15) is 5.56 Å². The van der Waals surface area contributed by atoms with Crippen LogP contribution < -0.4 is 4.74 Å². The molecule has 3 nitrogen and oxygen atoms in total. The number of hydrogen-bond donors (Lipinski definition) is 0. The molecule has 1 aromatic rings. The standard InChI is InChI=1S/C11H16N2O/c1-13(2)9-12-8-10-5-4-6-11(7-10)14-3/h4-7,9H,8H2,1-3H3. The van der Waals surface area contributed by atoms with Gasteiger partial charge in [0.1, 0.15) is 5.75 Å². The summed E-state index contributed by atoms with van der Waals surface area (Å²) in [5.41, 5.74) is 1.16. The van der Waals surface area contributed by atoms with E-state index in [1.807, 2.05) is 43.3 Å². The Morgan fingerprint density at radius 1 is 1.43 bits per heavy atom. The maximum atomic E-state index is 5.12. The SMILES string of the molecule is COc1cccc(CN=CN(C)C)c1. The predicted molar refractivity (Wildman–Crippen MR) is 58.9 cm³/mol. The summed E-state index contributed by atoms with van der Waals surface area (Å²) in [6.45, 7) is 0.690. The molecule has 0 heterocycles. The minimum absolute atomic E-state index is 0.690. The van der Waals surface area contributed by atoms with Crippen molar-refractivity contribution in [3.63, 3.8) is 0 Å². The van der Waals surface area contributed by atoms with Gasteiger partial charge in [-0.15, -0.1) is 0 Å². The molecule has 3 heteroatoms. The molecule has 0 saturated heterocycles. The Morgan fingerprint density at radius 3 is 2.86 bits per heavy atom. The monoisotopic (exact) mass is 192 g/mol. The van der Waals surface area contributed by atoms with Gasteiger partial charge in [0.25, 0.3) is 0 Å². The number of aliphatic imine (C=N–C) groups is 1. The van der Waals surface area contributed by atoms with Crippen molar-refractivity contribution in [1.29, 1.82) is 0 Å². The molecule has 0 fully saturated rings. The topological polar surface area (TPSA) is 24.8 Å². The minimum atomic E-state index is 0.690. The highest BCUT2D eigenvalue weighted by Gasteiger charge is 1.93. The molecule has 0 N–H and O–H groups in total. The van der Waals surface area contributed by atoms with Gasteiger partial charge in [-0.3, -0.25) is 4.99 Å². The van der Waals surface area contributed by atoms with E-state index in [9.17, 15) is 0 Å². The Bertz CT molecular complexity index is 308. The van der Waals surface area contributed by atoms with Crippen LogP contribution in [-0.2, 0) is 6.54 Å². The molecule has 76 valence electrons. The lowest BCUT2D eigenvalue weighted by molar-refractivity contribution is 0.414. The quantitative estimate of drug-likeness (QED) is 0.536. The van der Waals surface area contributed by atoms with E-state index in [-0.39, 0.29) is 0 Å². The van der Waals surface area contributed by atoms with Gasteiger partial charge in [-0.25, -0.2) is 0 Å². The van der Waals surface area contributed by atoms with E-state index < -0.39 is 0 Å². The number of hydrogen-bond acceptors (Lipinski definition) is 2. The van der Waals surface area contributed by atoms with E-state index in [1.165, 1.54) is 0 Å². The van der Waals surface area contributed by atoms with Crippen molar-refractivity contribution >= 4 is 6.34 Å². The zero-order valence-electron chi connectivity index (χ0n) is 8.90. The van der Waals surface area contributed by atoms with E-state index in [0.717, 1.165) is 11.3 Å². The highest BCUT2D eigenvalue weighted by molar-refractivity contribution is 5.53. The van der Waals surface area contributed by atoms with Crippen LogP contribution in [0, 0.1) is 0 Å². The summed E-state index contributed by atoms with van der Waals surface area (Å²) in [7, 11) is 5.58. The van der Waals surface area contributed by atoms with Crippen LogP contribution in [0.2, 0.25) is 0 Å². The first-order valence-corrected chi connectivity index (χ1v) is 4.51. The molecule has 0 aliphatic heterocycles. The summed E-state index contributed by atoms with van der Waals surface area (Å²) in [5.74, 6) is 0.877. The van der Waals surface area contributed by atoms with Crippen LogP contribution in [0.4, 0.5) is 0 Å². The van der Waals surface area contributed by atoms with Crippen LogP contribution in [-0.4, -0.2) is 32.4 Å². The molecule has 0 amide bonds. The average Bonchev–Trinajstić information content (AvgIpc) is 2.18. The van der Waals surface area contributed by atoms with E-state index in [1.54, 1.807) is 13.4 Å². The molecular formula is C11H16N2O. The van der Waals surface area contributed by atoms with Crippen molar-refractivity contribution in [1.82, 2.24) is 4.90 Å². The molecule has 0 atom stereocenters. The number of nitrogens with zero attached hydrogens (tertiary/aromatic N) is 2. The van der Waals surface area contributed by atoms with Gasteiger partial charge in [-0.2, -0.15) is 0 Å². The van der Waals surface area contributed by atoms with Crippen molar-refractivity contribution in [2.75, 3.05) is 21.2 Å². The van der Waals surface area contributed by atoms with Gasteiger partial charge in [-0.1, -0.05) is 12.1 Å². The van der Waals surface area contributed by atoms with E-state index >= 15 is 0 Å². The first-order valence-electron chi connectivity index (χ1n) is 4.51. The normalized spacial score (nSPS) is 10.5. The van der Waals surface area contributed by atoms with Crippen LogP contribution in [0.5, 0.6) is 5.75 Å². The average molecular weight is 192 g/mol. The van der Waals surface area contributed by atoms with Crippen LogP contribution in [0.3, 0.4) is 0 Å². The maximum absolute atomic E-state index is 5.12. The highest BCUT2D eigenvalue weighted by Crippen LogP contribution is 2.12. The van der Waals surface area contributed by atoms with Crippen LogP contribution >= 0.6 is 0 Å². The first-order chi connectivity index (χ1) is 6.72. The second-order valence-corrected chi connectivity index (χ2v) is 3.27. The van der Waals surface area contributed by atoms with Crippen molar-refractivity contribution < 1.29 is 4.74 Å². The summed E-state index contributed by atoms with van der Waals surface area (Å²) in [6.07, 6.45) is 1.81. The highest BCUT2D eigenvalue weighted by atomic mass is 16.5. The molecule has 14 heavy (non-hydrogen) atoms. The van der Waals surface area contributed by atoms with Crippen LogP contribution in [0.15, 0.2) is 29.3 Å². The predicted octanol–water partition coefficient (Wildman–Crippen LogP) is 1.79. The molecule has 0 aliphatic carbocycles. The fraction of sp³-hybridized carbons (Fsp3) is 0.364. The van der Waals surface area contributed by atoms with Gasteiger partial charge in [-0.05, 0) is 17.7 Å². The van der Waals surface area contributed by atoms with Gasteiger partial charge < -0.3 is 9.64 Å². The fourth-order valence-electron chi connectivity index (χ4n) is 1.08. The zero-order valence-corrected chi connectivity index (χ0v) is 8.90. The lowest BCUT2D eigenvalue weighted by Crippen LogP contribution is -2.07. The Labute approximate surface area is 85.0 Å². The molecule has 0 aromatic heterocycles. The van der Waals surface area contributed by atoms with Gasteiger partial charge >= 0.3 is 0 Å². The summed E-state index contributed by atoms with van der Waals surface area (Å²) >= 11 is 0. The molecule has 0 unspecified atom stereocenters. The number of methoxy groups -OCH3 is 1. The molecule has 0 bridgehead atoms. The summed E-state index contributed by atoms with van der Waals surface area (Å²) in [5, 5.41) is 0. The first kappa shape index (κ1) is 10.6. The number of benzene rings is 1. The second-order valence-electron chi connectivity index (χ2n) is 3.27. The van der Waals surface area contributed by atoms with E-state index in [2.05, 4.69) is 4.99 Å². The molecule has 0 spiro atoms. The lowest BCUT2D eigenvalue weighted by Gasteiger charge is -2.03. The van der Waals surface area contributed by atoms with E-state index in [4.69, 9.17) is 4.74 Å². The molecule has 0 saturated carbocycles. The van der Waals surface area contributed by atoms with Crippen molar-refractivity contribution in [3.8, 4) is 5.75 Å². The minimum Gasteiger partial charge on any atom is -0.497 e. The van der Waals surface area contributed by atoms with Gasteiger partial charge in [0.2, 0.25) is 0 Å².